The second-order valence-corrected chi connectivity index (χ2v) is 6.64. The van der Waals surface area contributed by atoms with Crippen LogP contribution in [-0.4, -0.2) is 23.3 Å². The van der Waals surface area contributed by atoms with E-state index in [0.29, 0.717) is 20.5 Å². The molecule has 0 bridgehead atoms. The Morgan fingerprint density at radius 2 is 1.79 bits per heavy atom. The molecule has 2 aromatic rings. The summed E-state index contributed by atoms with van der Waals surface area (Å²) < 4.78 is 5.13. The predicted octanol–water partition coefficient (Wildman–Crippen LogP) is 3.88. The van der Waals surface area contributed by atoms with Crippen LogP contribution in [0.5, 0.6) is 0 Å². The molecule has 0 spiro atoms. The Kier molecular flexibility index (Phi) is 4.78. The molecular weight excluding hydrogens is 342 g/mol. The fourth-order valence-corrected chi connectivity index (χ4v) is 3.55. The van der Waals surface area contributed by atoms with Crippen molar-refractivity contribution in [2.45, 2.75) is 0 Å². The van der Waals surface area contributed by atoms with E-state index in [9.17, 15) is 9.59 Å². The van der Waals surface area contributed by atoms with Crippen molar-refractivity contribution in [3.63, 3.8) is 0 Å². The molecule has 2 aromatic carbocycles. The first kappa shape index (κ1) is 16.4. The molecule has 24 heavy (non-hydrogen) atoms. The first-order valence-electron chi connectivity index (χ1n) is 7.11. The maximum Gasteiger partial charge on any atom is 0.337 e. The molecule has 1 fully saturated rings. The molecular formula is C18H13NO3S2. The van der Waals surface area contributed by atoms with Gasteiger partial charge in [-0.1, -0.05) is 54.3 Å². The minimum Gasteiger partial charge on any atom is -0.465 e. The third-order valence-electron chi connectivity index (χ3n) is 3.44. The molecule has 1 aliphatic heterocycles. The monoisotopic (exact) mass is 355 g/mol. The number of thiocarbonyl (C=S) groups is 1. The minimum absolute atomic E-state index is 0.167. The van der Waals surface area contributed by atoms with E-state index in [0.717, 1.165) is 5.56 Å². The highest BCUT2D eigenvalue weighted by molar-refractivity contribution is 8.27. The lowest BCUT2D eigenvalue weighted by molar-refractivity contribution is -0.113. The molecule has 0 radical (unpaired) electrons. The van der Waals surface area contributed by atoms with Gasteiger partial charge in [0.2, 0.25) is 0 Å². The molecule has 0 unspecified atom stereocenters. The molecule has 0 saturated carbocycles. The molecule has 1 amide bonds. The van der Waals surface area contributed by atoms with E-state index >= 15 is 0 Å². The van der Waals surface area contributed by atoms with Gasteiger partial charge in [0.1, 0.15) is 0 Å². The third-order valence-corrected chi connectivity index (χ3v) is 4.74. The van der Waals surface area contributed by atoms with Crippen LogP contribution < -0.4 is 4.90 Å². The van der Waals surface area contributed by atoms with Crippen molar-refractivity contribution in [2.75, 3.05) is 12.0 Å². The number of amides is 1. The van der Waals surface area contributed by atoms with Gasteiger partial charge in [-0.25, -0.2) is 4.79 Å². The molecule has 0 N–H and O–H groups in total. The SMILES string of the molecule is COC(=O)c1ccc(N2C(=O)/C(=C\c3ccccc3)SC2=S)cc1. The summed E-state index contributed by atoms with van der Waals surface area (Å²) in [6, 6.07) is 16.2. The van der Waals surface area contributed by atoms with E-state index in [1.807, 2.05) is 36.4 Å². The summed E-state index contributed by atoms with van der Waals surface area (Å²) in [7, 11) is 1.33. The number of thioether (sulfide) groups is 1. The average molecular weight is 355 g/mol. The van der Waals surface area contributed by atoms with Gasteiger partial charge in [-0.3, -0.25) is 9.69 Å². The highest BCUT2D eigenvalue weighted by atomic mass is 32.2. The van der Waals surface area contributed by atoms with Crippen LogP contribution in [0.1, 0.15) is 15.9 Å². The summed E-state index contributed by atoms with van der Waals surface area (Å²) in [6.45, 7) is 0. The molecule has 3 rings (SSSR count). The zero-order chi connectivity index (χ0) is 17.1. The zero-order valence-electron chi connectivity index (χ0n) is 12.8. The Labute approximate surface area is 149 Å². The molecule has 1 aliphatic rings. The fraction of sp³-hybridized carbons (Fsp3) is 0.0556. The van der Waals surface area contributed by atoms with Crippen molar-refractivity contribution in [1.29, 1.82) is 0 Å². The lowest BCUT2D eigenvalue weighted by atomic mass is 10.2. The number of benzene rings is 2. The molecule has 0 aliphatic carbocycles. The second-order valence-electron chi connectivity index (χ2n) is 4.97. The molecule has 6 heteroatoms. The molecule has 1 heterocycles. The number of anilines is 1. The van der Waals surface area contributed by atoms with Crippen LogP contribution in [-0.2, 0) is 9.53 Å². The van der Waals surface area contributed by atoms with Gasteiger partial charge < -0.3 is 4.74 Å². The van der Waals surface area contributed by atoms with Crippen LogP contribution in [0, 0.1) is 0 Å². The number of methoxy groups -OCH3 is 1. The van der Waals surface area contributed by atoms with Gasteiger partial charge in [0.05, 0.1) is 23.3 Å². The van der Waals surface area contributed by atoms with Crippen LogP contribution in [0.25, 0.3) is 6.08 Å². The number of carbonyl (C=O) groups is 2. The normalized spacial score (nSPS) is 15.9. The number of rotatable bonds is 3. The highest BCUT2D eigenvalue weighted by Gasteiger charge is 2.33. The van der Waals surface area contributed by atoms with Crippen molar-refractivity contribution in [1.82, 2.24) is 0 Å². The maximum absolute atomic E-state index is 12.7. The smallest absolute Gasteiger partial charge is 0.337 e. The van der Waals surface area contributed by atoms with E-state index in [4.69, 9.17) is 12.2 Å². The largest absolute Gasteiger partial charge is 0.465 e. The van der Waals surface area contributed by atoms with Gasteiger partial charge >= 0.3 is 5.97 Å². The molecule has 0 atom stereocenters. The Hall–Kier alpha value is -2.44. The van der Waals surface area contributed by atoms with Crippen LogP contribution in [0.2, 0.25) is 0 Å². The Morgan fingerprint density at radius 3 is 2.42 bits per heavy atom. The quantitative estimate of drug-likeness (QED) is 0.475. The Morgan fingerprint density at radius 1 is 1.12 bits per heavy atom. The van der Waals surface area contributed by atoms with Crippen molar-refractivity contribution in [2.24, 2.45) is 0 Å². The summed E-state index contributed by atoms with van der Waals surface area (Å²) in [5, 5.41) is 0. The highest BCUT2D eigenvalue weighted by Crippen LogP contribution is 2.36. The summed E-state index contributed by atoms with van der Waals surface area (Å²) >= 11 is 6.60. The van der Waals surface area contributed by atoms with Crippen molar-refractivity contribution in [3.8, 4) is 0 Å². The first-order valence-corrected chi connectivity index (χ1v) is 8.34. The van der Waals surface area contributed by atoms with Crippen LogP contribution in [0.4, 0.5) is 5.69 Å². The van der Waals surface area contributed by atoms with Gasteiger partial charge in [0, 0.05) is 0 Å². The summed E-state index contributed by atoms with van der Waals surface area (Å²) in [6.07, 6.45) is 1.82. The number of hydrogen-bond donors (Lipinski definition) is 0. The minimum atomic E-state index is -0.420. The lowest BCUT2D eigenvalue weighted by Crippen LogP contribution is -2.27. The first-order chi connectivity index (χ1) is 11.6. The molecule has 1 saturated heterocycles. The topological polar surface area (TPSA) is 46.6 Å². The second kappa shape index (κ2) is 6.98. The number of esters is 1. The van der Waals surface area contributed by atoms with E-state index in [2.05, 4.69) is 4.74 Å². The maximum atomic E-state index is 12.7. The van der Waals surface area contributed by atoms with E-state index in [1.54, 1.807) is 24.3 Å². The number of nitrogens with zero attached hydrogens (tertiary/aromatic N) is 1. The van der Waals surface area contributed by atoms with E-state index in [-0.39, 0.29) is 5.91 Å². The van der Waals surface area contributed by atoms with Crippen LogP contribution in [0.15, 0.2) is 59.5 Å². The standard InChI is InChI=1S/C18H13NO3S2/c1-22-17(21)13-7-9-14(10-8-13)19-16(20)15(24-18(19)23)11-12-5-3-2-4-6-12/h2-11H,1H3/b15-11+. The van der Waals surface area contributed by atoms with Crippen molar-refractivity contribution in [3.05, 3.63) is 70.6 Å². The van der Waals surface area contributed by atoms with Gasteiger partial charge in [0.15, 0.2) is 4.32 Å². The van der Waals surface area contributed by atoms with Crippen LogP contribution >= 0.6 is 24.0 Å². The van der Waals surface area contributed by atoms with Gasteiger partial charge in [-0.05, 0) is 35.9 Å². The van der Waals surface area contributed by atoms with Crippen molar-refractivity contribution >= 4 is 51.9 Å². The molecule has 4 nitrogen and oxygen atoms in total. The van der Waals surface area contributed by atoms with Crippen LogP contribution in [0.3, 0.4) is 0 Å². The number of hydrogen-bond acceptors (Lipinski definition) is 5. The summed E-state index contributed by atoms with van der Waals surface area (Å²) in [5.74, 6) is -0.587. The Balaban J connectivity index is 1.87. The van der Waals surface area contributed by atoms with Crippen molar-refractivity contribution < 1.29 is 14.3 Å². The summed E-state index contributed by atoms with van der Waals surface area (Å²) in [5.41, 5.74) is 1.99. The zero-order valence-corrected chi connectivity index (χ0v) is 14.4. The molecule has 0 aromatic heterocycles. The summed E-state index contributed by atoms with van der Waals surface area (Å²) in [4.78, 5) is 26.2. The van der Waals surface area contributed by atoms with E-state index in [1.165, 1.54) is 23.8 Å². The fourth-order valence-electron chi connectivity index (χ4n) is 2.26. The average Bonchev–Trinajstić information content (AvgIpc) is 2.89. The lowest BCUT2D eigenvalue weighted by Gasteiger charge is -2.14. The van der Waals surface area contributed by atoms with Gasteiger partial charge in [-0.15, -0.1) is 0 Å². The number of carbonyl (C=O) groups excluding carboxylic acids is 2. The molecule has 120 valence electrons. The number of ether oxygens (including phenoxy) is 1. The predicted molar refractivity (Wildman–Crippen MR) is 99.9 cm³/mol. The van der Waals surface area contributed by atoms with Gasteiger partial charge in [-0.2, -0.15) is 0 Å². The third kappa shape index (κ3) is 3.25. The van der Waals surface area contributed by atoms with Gasteiger partial charge in [0.25, 0.3) is 5.91 Å². The Bertz CT molecular complexity index is 829. The van der Waals surface area contributed by atoms with E-state index < -0.39 is 5.97 Å².